The third-order valence-corrected chi connectivity index (χ3v) is 7.74. The smallest absolute Gasteiger partial charge is 0.214 e. The summed E-state index contributed by atoms with van der Waals surface area (Å²) in [7, 11) is -5.57. The van der Waals surface area contributed by atoms with Gasteiger partial charge in [-0.3, -0.25) is 0 Å². The van der Waals surface area contributed by atoms with Gasteiger partial charge in [0.05, 0.1) is 16.3 Å². The molecule has 0 bridgehead atoms. The predicted octanol–water partition coefficient (Wildman–Crippen LogP) is 1.06. The van der Waals surface area contributed by atoms with Crippen molar-refractivity contribution in [2.75, 3.05) is 12.3 Å². The van der Waals surface area contributed by atoms with Crippen molar-refractivity contribution >= 4 is 19.9 Å². The lowest BCUT2D eigenvalue weighted by Crippen LogP contribution is -2.37. The second-order valence-electron chi connectivity index (χ2n) is 5.07. The zero-order valence-corrected chi connectivity index (χ0v) is 12.7. The third kappa shape index (κ3) is 4.51. The molecule has 18 heavy (non-hydrogen) atoms. The highest BCUT2D eigenvalue weighted by Crippen LogP contribution is 2.18. The van der Waals surface area contributed by atoms with Crippen LogP contribution < -0.4 is 4.72 Å². The monoisotopic (exact) mass is 297 g/mol. The molecule has 0 aromatic rings. The molecule has 2 atom stereocenters. The van der Waals surface area contributed by atoms with Crippen LogP contribution in [0.2, 0.25) is 0 Å². The summed E-state index contributed by atoms with van der Waals surface area (Å²) in [5.41, 5.74) is 0. The first-order valence-corrected chi connectivity index (χ1v) is 9.72. The molecule has 0 aromatic carbocycles. The molecule has 0 amide bonds. The molecular formula is C11H23NO4S2. The molecule has 2 heterocycles. The average Bonchev–Trinajstić information content (AvgIpc) is 2.28. The minimum Gasteiger partial charge on any atom is -0.229 e. The minimum atomic E-state index is -2.91. The van der Waals surface area contributed by atoms with Gasteiger partial charge in [0.1, 0.15) is 0 Å². The lowest BCUT2D eigenvalue weighted by Gasteiger charge is -2.18. The van der Waals surface area contributed by atoms with E-state index in [2.05, 4.69) is 4.72 Å². The summed E-state index contributed by atoms with van der Waals surface area (Å²) in [4.78, 5) is 0. The van der Waals surface area contributed by atoms with Crippen LogP contribution in [-0.4, -0.2) is 39.6 Å². The highest BCUT2D eigenvalue weighted by molar-refractivity contribution is 7.92. The van der Waals surface area contributed by atoms with Crippen LogP contribution in [0.15, 0.2) is 0 Å². The van der Waals surface area contributed by atoms with E-state index in [9.17, 15) is 16.8 Å². The van der Waals surface area contributed by atoms with Gasteiger partial charge in [-0.1, -0.05) is 6.42 Å². The van der Waals surface area contributed by atoms with Crippen molar-refractivity contribution < 1.29 is 16.8 Å². The van der Waals surface area contributed by atoms with Crippen LogP contribution in [0.25, 0.3) is 0 Å². The molecule has 0 radical (unpaired) electrons. The highest BCUT2D eigenvalue weighted by atomic mass is 32.2. The summed E-state index contributed by atoms with van der Waals surface area (Å²) in [5.74, 6) is 0.411. The van der Waals surface area contributed by atoms with E-state index >= 15 is 0 Å². The van der Waals surface area contributed by atoms with Crippen molar-refractivity contribution in [2.24, 2.45) is 0 Å². The largest absolute Gasteiger partial charge is 0.229 e. The number of sulfone groups is 1. The highest BCUT2D eigenvalue weighted by Gasteiger charge is 2.24. The summed E-state index contributed by atoms with van der Waals surface area (Å²) in [6.07, 6.45) is 4.59. The van der Waals surface area contributed by atoms with Crippen LogP contribution >= 0.6 is 0 Å². The first kappa shape index (κ1) is 15.9. The molecule has 1 N–H and O–H groups in total. The Morgan fingerprint density at radius 3 is 1.83 bits per heavy atom. The molecule has 0 aliphatic carbocycles. The minimum absolute atomic E-state index is 0.0775. The Hall–Kier alpha value is -0.140. The fourth-order valence-corrected chi connectivity index (χ4v) is 4.74. The van der Waals surface area contributed by atoms with Crippen LogP contribution in [0.3, 0.4) is 0 Å². The van der Waals surface area contributed by atoms with E-state index in [0.29, 0.717) is 12.3 Å². The molecule has 2 aliphatic heterocycles. The molecule has 2 saturated heterocycles. The van der Waals surface area contributed by atoms with Gasteiger partial charge in [-0.25, -0.2) is 21.6 Å². The van der Waals surface area contributed by atoms with Gasteiger partial charge in [0.15, 0.2) is 9.84 Å². The predicted molar refractivity (Wildman–Crippen MR) is 72.7 cm³/mol. The third-order valence-electron chi connectivity index (χ3n) is 3.52. The van der Waals surface area contributed by atoms with Crippen LogP contribution in [0.1, 0.15) is 46.0 Å². The summed E-state index contributed by atoms with van der Waals surface area (Å²) < 4.78 is 46.2. The molecule has 2 fully saturated rings. The maximum atomic E-state index is 11.0. The molecule has 0 spiro atoms. The summed E-state index contributed by atoms with van der Waals surface area (Å²) >= 11 is 0. The zero-order valence-electron chi connectivity index (χ0n) is 11.1. The SMILES string of the molecule is CC1CCCCS1(=O)=O.CC1CCCNS1(=O)=O. The van der Waals surface area contributed by atoms with E-state index < -0.39 is 19.9 Å². The van der Waals surface area contributed by atoms with Gasteiger partial charge in [0, 0.05) is 6.54 Å². The summed E-state index contributed by atoms with van der Waals surface area (Å²) in [6, 6.07) is 0. The summed E-state index contributed by atoms with van der Waals surface area (Å²) in [6.45, 7) is 4.16. The fraction of sp³-hybridized carbons (Fsp3) is 1.00. The van der Waals surface area contributed by atoms with Gasteiger partial charge < -0.3 is 0 Å². The van der Waals surface area contributed by atoms with E-state index in [1.54, 1.807) is 13.8 Å². The van der Waals surface area contributed by atoms with Gasteiger partial charge in [0.25, 0.3) is 0 Å². The van der Waals surface area contributed by atoms with Gasteiger partial charge in [-0.2, -0.15) is 0 Å². The Labute approximate surface area is 110 Å². The van der Waals surface area contributed by atoms with Crippen LogP contribution in [0.4, 0.5) is 0 Å². The van der Waals surface area contributed by atoms with E-state index in [0.717, 1.165) is 32.1 Å². The molecule has 7 heteroatoms. The Bertz CT molecular complexity index is 411. The van der Waals surface area contributed by atoms with Crippen LogP contribution in [-0.2, 0) is 19.9 Å². The maximum Gasteiger partial charge on any atom is 0.214 e. The standard InChI is InChI=1S/C6H12O2S.C5H11NO2S/c1-6-4-2-3-5-9(6,7)8;1-5-3-2-4-6-9(5,7)8/h6H,2-5H2,1H3;5-6H,2-4H2,1H3. The van der Waals surface area contributed by atoms with Gasteiger partial charge in [0.2, 0.25) is 10.0 Å². The summed E-state index contributed by atoms with van der Waals surface area (Å²) in [5, 5.41) is -0.266. The van der Waals surface area contributed by atoms with E-state index in [-0.39, 0.29) is 10.5 Å². The van der Waals surface area contributed by atoms with E-state index in [1.165, 1.54) is 0 Å². The molecule has 108 valence electrons. The van der Waals surface area contributed by atoms with Gasteiger partial charge in [-0.15, -0.1) is 0 Å². The molecule has 2 rings (SSSR count). The molecule has 2 aliphatic rings. The first-order chi connectivity index (χ1) is 8.26. The Balaban J connectivity index is 0.000000180. The van der Waals surface area contributed by atoms with Gasteiger partial charge in [-0.05, 0) is 39.5 Å². The topological polar surface area (TPSA) is 80.3 Å². The normalized spacial score (nSPS) is 34.1. The van der Waals surface area contributed by atoms with E-state index in [1.807, 2.05) is 0 Å². The molecule has 5 nitrogen and oxygen atoms in total. The van der Waals surface area contributed by atoms with Crippen molar-refractivity contribution in [3.8, 4) is 0 Å². The number of nitrogens with one attached hydrogen (secondary N) is 1. The lowest BCUT2D eigenvalue weighted by atomic mass is 10.2. The van der Waals surface area contributed by atoms with Crippen LogP contribution in [0, 0.1) is 0 Å². The van der Waals surface area contributed by atoms with Gasteiger partial charge >= 0.3 is 0 Å². The van der Waals surface area contributed by atoms with Crippen molar-refractivity contribution in [1.29, 1.82) is 0 Å². The van der Waals surface area contributed by atoms with Crippen molar-refractivity contribution in [1.82, 2.24) is 4.72 Å². The van der Waals surface area contributed by atoms with Crippen LogP contribution in [0.5, 0.6) is 0 Å². The van der Waals surface area contributed by atoms with Crippen molar-refractivity contribution in [3.63, 3.8) is 0 Å². The van der Waals surface area contributed by atoms with E-state index in [4.69, 9.17) is 0 Å². The van der Waals surface area contributed by atoms with Crippen molar-refractivity contribution in [2.45, 2.75) is 56.5 Å². The van der Waals surface area contributed by atoms with Crippen molar-refractivity contribution in [3.05, 3.63) is 0 Å². The number of rotatable bonds is 0. The quantitative estimate of drug-likeness (QED) is 0.725. The Morgan fingerprint density at radius 1 is 0.889 bits per heavy atom. The molecular weight excluding hydrogens is 274 g/mol. The lowest BCUT2D eigenvalue weighted by molar-refractivity contribution is 0.535. The Kier molecular flexibility index (Phi) is 5.61. The second-order valence-corrected chi connectivity index (χ2v) is 9.79. The number of hydrogen-bond donors (Lipinski definition) is 1. The zero-order chi connectivity index (χ0) is 13.8. The molecule has 0 saturated carbocycles. The Morgan fingerprint density at radius 2 is 1.50 bits per heavy atom. The first-order valence-electron chi connectivity index (χ1n) is 6.46. The number of hydrogen-bond acceptors (Lipinski definition) is 4. The molecule has 2 unspecified atom stereocenters. The second kappa shape index (κ2) is 6.34. The maximum absolute atomic E-state index is 11.0. The fourth-order valence-electron chi connectivity index (χ4n) is 2.02. The average molecular weight is 297 g/mol. The number of sulfonamides is 1. The molecule has 0 aromatic heterocycles.